The molecule has 2 rings (SSSR count). The van der Waals surface area contributed by atoms with Crippen molar-refractivity contribution in [2.24, 2.45) is 5.41 Å². The van der Waals surface area contributed by atoms with Gasteiger partial charge in [-0.3, -0.25) is 14.5 Å². The van der Waals surface area contributed by atoms with Crippen molar-refractivity contribution in [3.8, 4) is 11.8 Å². The molecule has 2 amide bonds. The van der Waals surface area contributed by atoms with Crippen LogP contribution in [-0.2, 0) is 9.59 Å². The van der Waals surface area contributed by atoms with E-state index in [0.717, 1.165) is 0 Å². The Labute approximate surface area is 112 Å². The molecule has 4 heteroatoms. The standard InChI is InChI=1S/C15H15NO3/c1-15(2)10-13(18)16(14(15)19)12-7-3-5-11(9-12)6-4-8-17/h3,5,7,9,17H,8,10H2,1-2H3. The number of anilines is 1. The minimum atomic E-state index is -0.649. The summed E-state index contributed by atoms with van der Waals surface area (Å²) in [5.74, 6) is 4.92. The van der Waals surface area contributed by atoms with Crippen LogP contribution in [0.15, 0.2) is 24.3 Å². The molecule has 4 nitrogen and oxygen atoms in total. The summed E-state index contributed by atoms with van der Waals surface area (Å²) in [5, 5.41) is 8.67. The van der Waals surface area contributed by atoms with Crippen LogP contribution in [0.5, 0.6) is 0 Å². The second-order valence-electron chi connectivity index (χ2n) is 5.11. The molecule has 1 aromatic rings. The third kappa shape index (κ3) is 2.51. The van der Waals surface area contributed by atoms with Gasteiger partial charge in [0, 0.05) is 12.0 Å². The second kappa shape index (κ2) is 4.87. The molecule has 1 aliphatic rings. The maximum Gasteiger partial charge on any atom is 0.239 e. The molecule has 0 bridgehead atoms. The molecule has 1 aliphatic heterocycles. The summed E-state index contributed by atoms with van der Waals surface area (Å²) < 4.78 is 0. The van der Waals surface area contributed by atoms with E-state index in [4.69, 9.17) is 5.11 Å². The van der Waals surface area contributed by atoms with E-state index in [1.165, 1.54) is 4.90 Å². The Morgan fingerprint density at radius 3 is 2.68 bits per heavy atom. The molecular weight excluding hydrogens is 242 g/mol. The highest BCUT2D eigenvalue weighted by Gasteiger charge is 2.45. The van der Waals surface area contributed by atoms with Gasteiger partial charge >= 0.3 is 0 Å². The highest BCUT2D eigenvalue weighted by molar-refractivity contribution is 6.22. The molecular formula is C15H15NO3. The van der Waals surface area contributed by atoms with Gasteiger partial charge in [-0.25, -0.2) is 0 Å². The SMILES string of the molecule is CC1(C)CC(=O)N(c2cccc(C#CCO)c2)C1=O. The molecule has 1 aromatic carbocycles. The zero-order valence-corrected chi connectivity index (χ0v) is 10.9. The van der Waals surface area contributed by atoms with E-state index in [9.17, 15) is 9.59 Å². The van der Waals surface area contributed by atoms with Crippen molar-refractivity contribution in [3.05, 3.63) is 29.8 Å². The fraction of sp³-hybridized carbons (Fsp3) is 0.333. The van der Waals surface area contributed by atoms with Crippen LogP contribution in [0.3, 0.4) is 0 Å². The number of amides is 2. The lowest BCUT2D eigenvalue weighted by molar-refractivity contribution is -0.124. The first-order chi connectivity index (χ1) is 8.95. The average molecular weight is 257 g/mol. The molecule has 0 radical (unpaired) electrons. The van der Waals surface area contributed by atoms with E-state index in [1.54, 1.807) is 38.1 Å². The van der Waals surface area contributed by atoms with Gasteiger partial charge in [0.05, 0.1) is 11.1 Å². The summed E-state index contributed by atoms with van der Waals surface area (Å²) in [6.45, 7) is 3.31. The number of aliphatic hydroxyl groups excluding tert-OH is 1. The van der Waals surface area contributed by atoms with Crippen LogP contribution in [0.1, 0.15) is 25.8 Å². The molecule has 1 fully saturated rings. The van der Waals surface area contributed by atoms with E-state index in [2.05, 4.69) is 11.8 Å². The number of nitrogens with zero attached hydrogens (tertiary/aromatic N) is 1. The normalized spacial score (nSPS) is 17.3. The van der Waals surface area contributed by atoms with Gasteiger partial charge in [-0.1, -0.05) is 31.8 Å². The van der Waals surface area contributed by atoms with Gasteiger partial charge in [0.1, 0.15) is 6.61 Å². The summed E-state index contributed by atoms with van der Waals surface area (Å²) in [5.41, 5.74) is 0.548. The first-order valence-corrected chi connectivity index (χ1v) is 6.03. The van der Waals surface area contributed by atoms with Gasteiger partial charge in [-0.15, -0.1) is 0 Å². The number of imide groups is 1. The van der Waals surface area contributed by atoms with Crippen molar-refractivity contribution in [1.29, 1.82) is 0 Å². The summed E-state index contributed by atoms with van der Waals surface area (Å²) in [6.07, 6.45) is 0.221. The Hall–Kier alpha value is -2.12. The van der Waals surface area contributed by atoms with Crippen LogP contribution in [0.25, 0.3) is 0 Å². The Bertz CT molecular complexity index is 593. The summed E-state index contributed by atoms with van der Waals surface area (Å²) in [4.78, 5) is 25.4. The van der Waals surface area contributed by atoms with Crippen molar-refractivity contribution in [2.45, 2.75) is 20.3 Å². The van der Waals surface area contributed by atoms with Gasteiger partial charge in [0.15, 0.2) is 0 Å². The molecule has 19 heavy (non-hydrogen) atoms. The molecule has 0 atom stereocenters. The van der Waals surface area contributed by atoms with Crippen LogP contribution in [0.2, 0.25) is 0 Å². The molecule has 98 valence electrons. The van der Waals surface area contributed by atoms with Crippen LogP contribution in [-0.4, -0.2) is 23.5 Å². The Morgan fingerprint density at radius 1 is 1.37 bits per heavy atom. The topological polar surface area (TPSA) is 57.6 Å². The van der Waals surface area contributed by atoms with Crippen molar-refractivity contribution in [1.82, 2.24) is 0 Å². The zero-order valence-electron chi connectivity index (χ0n) is 10.9. The van der Waals surface area contributed by atoms with Crippen molar-refractivity contribution in [3.63, 3.8) is 0 Å². The van der Waals surface area contributed by atoms with Crippen molar-refractivity contribution in [2.75, 3.05) is 11.5 Å². The van der Waals surface area contributed by atoms with Crippen LogP contribution >= 0.6 is 0 Å². The van der Waals surface area contributed by atoms with E-state index >= 15 is 0 Å². The van der Waals surface area contributed by atoms with E-state index in [-0.39, 0.29) is 24.8 Å². The van der Waals surface area contributed by atoms with Crippen molar-refractivity contribution < 1.29 is 14.7 Å². The van der Waals surface area contributed by atoms with Crippen LogP contribution in [0, 0.1) is 17.3 Å². The molecule has 0 aromatic heterocycles. The summed E-state index contributed by atoms with van der Waals surface area (Å²) >= 11 is 0. The Kier molecular flexibility index (Phi) is 3.41. The number of rotatable bonds is 1. The fourth-order valence-electron chi connectivity index (χ4n) is 2.07. The zero-order chi connectivity index (χ0) is 14.0. The van der Waals surface area contributed by atoms with E-state index in [1.807, 2.05) is 0 Å². The molecule has 0 spiro atoms. The average Bonchev–Trinajstić information content (AvgIpc) is 2.56. The smallest absolute Gasteiger partial charge is 0.239 e. The van der Waals surface area contributed by atoms with E-state index in [0.29, 0.717) is 11.3 Å². The number of benzene rings is 1. The third-order valence-electron chi connectivity index (χ3n) is 3.04. The monoisotopic (exact) mass is 257 g/mol. The summed E-state index contributed by atoms with van der Waals surface area (Å²) in [6, 6.07) is 6.89. The maximum atomic E-state index is 12.2. The molecule has 1 heterocycles. The van der Waals surface area contributed by atoms with Crippen molar-refractivity contribution >= 4 is 17.5 Å². The highest BCUT2D eigenvalue weighted by atomic mass is 16.2. The largest absolute Gasteiger partial charge is 0.384 e. The van der Waals surface area contributed by atoms with Crippen LogP contribution in [0.4, 0.5) is 5.69 Å². The van der Waals surface area contributed by atoms with Gasteiger partial charge < -0.3 is 5.11 Å². The fourth-order valence-corrected chi connectivity index (χ4v) is 2.07. The van der Waals surface area contributed by atoms with Gasteiger partial charge in [-0.05, 0) is 18.2 Å². The number of aliphatic hydroxyl groups is 1. The second-order valence-corrected chi connectivity index (χ2v) is 5.11. The van der Waals surface area contributed by atoms with Gasteiger partial charge in [0.25, 0.3) is 0 Å². The lowest BCUT2D eigenvalue weighted by Gasteiger charge is -2.17. The third-order valence-corrected chi connectivity index (χ3v) is 3.04. The highest BCUT2D eigenvalue weighted by Crippen LogP contribution is 2.35. The molecule has 1 N–H and O–H groups in total. The molecule has 1 saturated heterocycles. The first kappa shape index (κ1) is 13.3. The van der Waals surface area contributed by atoms with Gasteiger partial charge in [0.2, 0.25) is 11.8 Å². The number of carbonyl (C=O) groups excluding carboxylic acids is 2. The van der Waals surface area contributed by atoms with Crippen LogP contribution < -0.4 is 4.90 Å². The Balaban J connectivity index is 2.37. The summed E-state index contributed by atoms with van der Waals surface area (Å²) in [7, 11) is 0. The Morgan fingerprint density at radius 2 is 2.11 bits per heavy atom. The molecule has 0 aliphatic carbocycles. The quantitative estimate of drug-likeness (QED) is 0.610. The minimum Gasteiger partial charge on any atom is -0.384 e. The number of carbonyl (C=O) groups is 2. The molecule has 0 unspecified atom stereocenters. The maximum absolute atomic E-state index is 12.2. The number of hydrogen-bond acceptors (Lipinski definition) is 3. The minimum absolute atomic E-state index is 0.190. The predicted molar refractivity (Wildman–Crippen MR) is 71.3 cm³/mol. The predicted octanol–water partition coefficient (Wildman–Crippen LogP) is 1.32. The van der Waals surface area contributed by atoms with E-state index < -0.39 is 5.41 Å². The lowest BCUT2D eigenvalue weighted by atomic mass is 9.92. The number of hydrogen-bond donors (Lipinski definition) is 1. The van der Waals surface area contributed by atoms with Gasteiger partial charge in [-0.2, -0.15) is 0 Å². The lowest BCUT2D eigenvalue weighted by Crippen LogP contribution is -2.32. The first-order valence-electron chi connectivity index (χ1n) is 6.03. The molecule has 0 saturated carbocycles.